The van der Waals surface area contributed by atoms with Crippen molar-refractivity contribution in [2.24, 2.45) is 0 Å². The van der Waals surface area contributed by atoms with Gasteiger partial charge < -0.3 is 0 Å². The minimum absolute atomic E-state index is 1.09. The van der Waals surface area contributed by atoms with E-state index in [9.17, 15) is 0 Å². The zero-order valence-electron chi connectivity index (χ0n) is 9.41. The second kappa shape index (κ2) is 4.00. The summed E-state index contributed by atoms with van der Waals surface area (Å²) in [6, 6.07) is 8.91. The molecule has 0 saturated carbocycles. The van der Waals surface area contributed by atoms with Gasteiger partial charge in [0.1, 0.15) is 0 Å². The zero-order valence-corrected chi connectivity index (χ0v) is 12.3. The normalized spacial score (nSPS) is 11.7. The summed E-state index contributed by atoms with van der Waals surface area (Å²) in [5.74, 6) is 0. The average Bonchev–Trinajstić information content (AvgIpc) is 2.69. The van der Waals surface area contributed by atoms with Crippen molar-refractivity contribution >= 4 is 22.0 Å². The third-order valence-corrected chi connectivity index (χ3v) is 8.45. The van der Waals surface area contributed by atoms with E-state index in [1.807, 2.05) is 6.20 Å². The molecule has 15 heavy (non-hydrogen) atoms. The van der Waals surface area contributed by atoms with Crippen molar-refractivity contribution in [3.05, 3.63) is 36.8 Å². The Morgan fingerprint density at radius 2 is 1.73 bits per heavy atom. The first kappa shape index (κ1) is 10.7. The molecule has 0 aliphatic carbocycles. The Hall–Kier alpha value is -0.771. The Morgan fingerprint density at radius 1 is 1.07 bits per heavy atom. The Balaban J connectivity index is 2.33. The fourth-order valence-corrected chi connectivity index (χ4v) is 4.89. The van der Waals surface area contributed by atoms with Crippen molar-refractivity contribution in [2.75, 3.05) is 0 Å². The van der Waals surface area contributed by atoms with Gasteiger partial charge in [-0.15, -0.1) is 0 Å². The Labute approximate surface area is 94.6 Å². The van der Waals surface area contributed by atoms with Crippen LogP contribution < -0.4 is 3.58 Å². The standard InChI is InChI=1S/C9H7N2.3CH3.Sn/c1-2-4-8(5-3-1)9-6-10-7-11-9;;;;/h2-7H,(H,10,11);3*1H3;. The van der Waals surface area contributed by atoms with E-state index in [1.165, 1.54) is 5.56 Å². The van der Waals surface area contributed by atoms with Gasteiger partial charge in [0, 0.05) is 0 Å². The maximum atomic E-state index is 4.03. The number of rotatable bonds is 2. The van der Waals surface area contributed by atoms with Crippen molar-refractivity contribution < 1.29 is 0 Å². The molecule has 0 unspecified atom stereocenters. The fraction of sp³-hybridized carbons (Fsp3) is 0.250. The molecule has 1 aromatic heterocycles. The molecule has 1 heterocycles. The summed E-state index contributed by atoms with van der Waals surface area (Å²) in [6.45, 7) is 0. The van der Waals surface area contributed by atoms with E-state index in [0.29, 0.717) is 0 Å². The second-order valence-electron chi connectivity index (χ2n) is 4.79. The molecule has 0 fully saturated rings. The molecule has 3 heteroatoms. The predicted octanol–water partition coefficient (Wildman–Crippen LogP) is 2.62. The summed E-state index contributed by atoms with van der Waals surface area (Å²) in [6.07, 6.45) is 3.57. The summed E-state index contributed by atoms with van der Waals surface area (Å²) in [5, 5.41) is 0. The Morgan fingerprint density at radius 3 is 2.20 bits per heavy atom. The number of imidazole rings is 1. The predicted molar refractivity (Wildman–Crippen MR) is 67.0 cm³/mol. The van der Waals surface area contributed by atoms with Crippen molar-refractivity contribution in [2.45, 2.75) is 14.8 Å². The first-order valence-electron chi connectivity index (χ1n) is 5.17. The van der Waals surface area contributed by atoms with Crippen LogP contribution in [-0.2, 0) is 0 Å². The molecule has 0 spiro atoms. The quantitative estimate of drug-likeness (QED) is 0.849. The zero-order chi connectivity index (χ0) is 10.9. The van der Waals surface area contributed by atoms with Crippen LogP contribution in [0.15, 0.2) is 36.8 Å². The van der Waals surface area contributed by atoms with Gasteiger partial charge in [0.2, 0.25) is 0 Å². The first-order valence-corrected chi connectivity index (χ1v) is 15.2. The summed E-state index contributed by atoms with van der Waals surface area (Å²) >= 11 is -1.87. The molecule has 2 nitrogen and oxygen atoms in total. The van der Waals surface area contributed by atoms with Crippen molar-refractivity contribution in [1.29, 1.82) is 0 Å². The first-order chi connectivity index (χ1) is 7.07. The van der Waals surface area contributed by atoms with Crippen LogP contribution in [-0.4, -0.2) is 28.3 Å². The molecule has 0 saturated heterocycles. The summed E-state index contributed by atoms with van der Waals surface area (Å²) < 4.78 is 1.56. The van der Waals surface area contributed by atoms with Crippen LogP contribution >= 0.6 is 0 Å². The van der Waals surface area contributed by atoms with Crippen molar-refractivity contribution in [3.63, 3.8) is 0 Å². The van der Waals surface area contributed by atoms with Crippen LogP contribution in [0.3, 0.4) is 0 Å². The fourth-order valence-electron chi connectivity index (χ4n) is 1.56. The van der Waals surface area contributed by atoms with Gasteiger partial charge >= 0.3 is 94.8 Å². The summed E-state index contributed by atoms with van der Waals surface area (Å²) in [5.41, 5.74) is 2.30. The van der Waals surface area contributed by atoms with Crippen LogP contribution in [0.5, 0.6) is 0 Å². The molecular formula is C12H16N2Sn. The van der Waals surface area contributed by atoms with E-state index >= 15 is 0 Å². The van der Waals surface area contributed by atoms with Gasteiger partial charge in [-0.2, -0.15) is 0 Å². The van der Waals surface area contributed by atoms with Crippen LogP contribution in [0.2, 0.25) is 14.8 Å². The Kier molecular flexibility index (Phi) is 2.87. The molecule has 2 rings (SSSR count). The van der Waals surface area contributed by atoms with Gasteiger partial charge in [-0.3, -0.25) is 0 Å². The van der Waals surface area contributed by atoms with Crippen LogP contribution in [0.25, 0.3) is 11.3 Å². The molecule has 2 aromatic rings. The number of benzene rings is 1. The van der Waals surface area contributed by atoms with Crippen LogP contribution in [0, 0.1) is 0 Å². The number of nitrogens with zero attached hydrogens (tertiary/aromatic N) is 1. The molecule has 0 atom stereocenters. The number of hydrogen-bond donors (Lipinski definition) is 1. The number of nitrogens with one attached hydrogen (secondary N) is 1. The van der Waals surface area contributed by atoms with E-state index in [1.54, 1.807) is 9.91 Å². The van der Waals surface area contributed by atoms with Crippen molar-refractivity contribution in [3.8, 4) is 11.3 Å². The van der Waals surface area contributed by atoms with Gasteiger partial charge in [0.25, 0.3) is 0 Å². The third-order valence-electron chi connectivity index (χ3n) is 2.56. The molecule has 0 radical (unpaired) electrons. The number of H-pyrrole nitrogens is 1. The minimum atomic E-state index is -1.87. The van der Waals surface area contributed by atoms with Gasteiger partial charge in [0.15, 0.2) is 0 Å². The molecule has 0 amide bonds. The summed E-state index contributed by atoms with van der Waals surface area (Å²) in [7, 11) is 0. The van der Waals surface area contributed by atoms with E-state index in [-0.39, 0.29) is 0 Å². The molecule has 1 aromatic carbocycles. The molecule has 0 bridgehead atoms. The van der Waals surface area contributed by atoms with Crippen LogP contribution in [0.1, 0.15) is 0 Å². The molecule has 0 aliphatic heterocycles. The topological polar surface area (TPSA) is 28.7 Å². The summed E-state index contributed by atoms with van der Waals surface area (Å²) in [4.78, 5) is 14.4. The third kappa shape index (κ3) is 2.42. The van der Waals surface area contributed by atoms with E-state index < -0.39 is 18.4 Å². The number of aromatic amines is 1. The van der Waals surface area contributed by atoms with Gasteiger partial charge in [0.05, 0.1) is 0 Å². The Bertz CT molecular complexity index is 424. The average molecular weight is 307 g/mol. The van der Waals surface area contributed by atoms with Crippen LogP contribution in [0.4, 0.5) is 0 Å². The SMILES string of the molecule is [CH3][Sn]([CH3])([CH3])[c]1ccc(-c2cnc[nH]2)cc1. The molecule has 1 N–H and O–H groups in total. The van der Waals surface area contributed by atoms with E-state index in [0.717, 1.165) is 5.69 Å². The molecular weight excluding hydrogens is 291 g/mol. The molecule has 78 valence electrons. The number of aromatic nitrogens is 2. The van der Waals surface area contributed by atoms with Gasteiger partial charge in [-0.05, 0) is 0 Å². The van der Waals surface area contributed by atoms with E-state index in [2.05, 4.69) is 49.1 Å². The van der Waals surface area contributed by atoms with Gasteiger partial charge in [-0.25, -0.2) is 0 Å². The maximum absolute atomic E-state index is 4.03. The monoisotopic (exact) mass is 308 g/mol. The van der Waals surface area contributed by atoms with Gasteiger partial charge in [-0.1, -0.05) is 0 Å². The molecule has 0 aliphatic rings. The van der Waals surface area contributed by atoms with E-state index in [4.69, 9.17) is 0 Å². The second-order valence-corrected chi connectivity index (χ2v) is 19.3. The van der Waals surface area contributed by atoms with Crippen molar-refractivity contribution in [1.82, 2.24) is 9.97 Å². The number of hydrogen-bond acceptors (Lipinski definition) is 1.